The average Bonchev–Trinajstić information content (AvgIpc) is 3.39. The molecular weight excluding hydrogens is 466 g/mol. The van der Waals surface area contributed by atoms with Crippen LogP contribution >= 0.6 is 0 Å². The molecule has 3 aromatic carbocycles. The van der Waals surface area contributed by atoms with Crippen LogP contribution in [0.5, 0.6) is 11.5 Å². The first-order chi connectivity index (χ1) is 17.4. The Hall–Kier alpha value is -4.44. The Kier molecular flexibility index (Phi) is 5.81. The van der Waals surface area contributed by atoms with Crippen LogP contribution in [0.1, 0.15) is 17.2 Å². The third-order valence-electron chi connectivity index (χ3n) is 6.53. The Bertz CT molecular complexity index is 1360. The Labute approximate surface area is 206 Å². The van der Waals surface area contributed by atoms with Gasteiger partial charge in [-0.1, -0.05) is 36.4 Å². The van der Waals surface area contributed by atoms with Gasteiger partial charge >= 0.3 is 0 Å². The molecule has 36 heavy (non-hydrogen) atoms. The molecule has 2 amide bonds. The Balaban J connectivity index is 1.70. The second kappa shape index (κ2) is 8.97. The molecule has 0 unspecified atom stereocenters. The van der Waals surface area contributed by atoms with Crippen molar-refractivity contribution in [2.24, 2.45) is 5.92 Å². The minimum absolute atomic E-state index is 0.168. The van der Waals surface area contributed by atoms with E-state index in [1.165, 1.54) is 31.4 Å². The van der Waals surface area contributed by atoms with Gasteiger partial charge in [-0.3, -0.25) is 24.5 Å². The minimum Gasteiger partial charge on any atom is -0.493 e. The van der Waals surface area contributed by atoms with Crippen LogP contribution in [0.15, 0.2) is 66.7 Å². The number of fused-ring (bicyclic) bond motifs is 1. The molecule has 2 fully saturated rings. The number of hydroxylamine groups is 1. The minimum atomic E-state index is -1.16. The number of carbonyl (C=O) groups is 2. The highest BCUT2D eigenvalue weighted by atomic mass is 16.7. The molecule has 0 bridgehead atoms. The molecule has 10 nitrogen and oxygen atoms in total. The number of nitro groups is 1. The van der Waals surface area contributed by atoms with Crippen molar-refractivity contribution in [3.8, 4) is 11.5 Å². The van der Waals surface area contributed by atoms with Gasteiger partial charge in [0.1, 0.15) is 12.0 Å². The van der Waals surface area contributed by atoms with Crippen LogP contribution in [0.4, 0.5) is 17.1 Å². The zero-order chi connectivity index (χ0) is 25.6. The highest BCUT2D eigenvalue weighted by Gasteiger charge is 2.61. The highest BCUT2D eigenvalue weighted by Crippen LogP contribution is 2.51. The lowest BCUT2D eigenvalue weighted by Crippen LogP contribution is -2.37. The molecule has 3 atom stereocenters. The quantitative estimate of drug-likeness (QED) is 0.291. The monoisotopic (exact) mass is 489 g/mol. The molecule has 184 valence electrons. The van der Waals surface area contributed by atoms with Gasteiger partial charge in [0.2, 0.25) is 5.91 Å². The van der Waals surface area contributed by atoms with Gasteiger partial charge in [-0.25, -0.2) is 9.96 Å². The molecule has 0 radical (unpaired) electrons. The molecule has 5 rings (SSSR count). The summed E-state index contributed by atoms with van der Waals surface area (Å²) in [6.45, 7) is 1.80. The second-order valence-corrected chi connectivity index (χ2v) is 8.48. The van der Waals surface area contributed by atoms with Gasteiger partial charge in [0, 0.05) is 0 Å². The zero-order valence-corrected chi connectivity index (χ0v) is 19.8. The summed E-state index contributed by atoms with van der Waals surface area (Å²) in [6, 6.07) is 17.6. The third-order valence-corrected chi connectivity index (χ3v) is 6.53. The first-order valence-electron chi connectivity index (χ1n) is 11.2. The van der Waals surface area contributed by atoms with E-state index in [2.05, 4.69) is 0 Å². The van der Waals surface area contributed by atoms with Crippen LogP contribution in [-0.2, 0) is 14.4 Å². The Morgan fingerprint density at radius 1 is 0.917 bits per heavy atom. The van der Waals surface area contributed by atoms with E-state index < -0.39 is 34.8 Å². The number of carbonyl (C=O) groups excluding carboxylic acids is 2. The van der Waals surface area contributed by atoms with E-state index in [9.17, 15) is 19.7 Å². The molecule has 0 aromatic heterocycles. The topological polar surface area (TPSA) is 111 Å². The smallest absolute Gasteiger partial charge is 0.278 e. The van der Waals surface area contributed by atoms with Gasteiger partial charge in [0.15, 0.2) is 17.6 Å². The number of rotatable bonds is 6. The van der Waals surface area contributed by atoms with Gasteiger partial charge in [-0.2, -0.15) is 0 Å². The Morgan fingerprint density at radius 3 is 2.19 bits per heavy atom. The van der Waals surface area contributed by atoms with Gasteiger partial charge in [0.05, 0.1) is 42.1 Å². The number of ether oxygens (including phenoxy) is 2. The van der Waals surface area contributed by atoms with Crippen molar-refractivity contribution in [1.29, 1.82) is 0 Å². The number of hydrogen-bond donors (Lipinski definition) is 0. The van der Waals surface area contributed by atoms with E-state index in [1.807, 2.05) is 12.1 Å². The van der Waals surface area contributed by atoms with Crippen molar-refractivity contribution in [2.75, 3.05) is 24.2 Å². The van der Waals surface area contributed by atoms with Gasteiger partial charge in [-0.05, 0) is 36.8 Å². The summed E-state index contributed by atoms with van der Waals surface area (Å²) in [6.07, 6.45) is -1.16. The first-order valence-corrected chi connectivity index (χ1v) is 11.2. The average molecular weight is 489 g/mol. The van der Waals surface area contributed by atoms with E-state index in [1.54, 1.807) is 49.4 Å². The molecule has 2 aliphatic heterocycles. The van der Waals surface area contributed by atoms with E-state index in [4.69, 9.17) is 14.3 Å². The van der Waals surface area contributed by atoms with Crippen LogP contribution in [0, 0.1) is 23.0 Å². The number of para-hydroxylation sites is 2. The molecular formula is C26H23N3O7. The second-order valence-electron chi connectivity index (χ2n) is 8.48. The van der Waals surface area contributed by atoms with E-state index >= 15 is 0 Å². The van der Waals surface area contributed by atoms with Gasteiger partial charge in [-0.15, -0.1) is 0 Å². The number of anilines is 2. The molecule has 2 heterocycles. The maximum absolute atomic E-state index is 13.8. The summed E-state index contributed by atoms with van der Waals surface area (Å²) in [5.74, 6) is -1.63. The van der Waals surface area contributed by atoms with Crippen LogP contribution in [0.3, 0.4) is 0 Å². The SMILES string of the molecule is COc1cc([C@@H]2[C@@H]3C(=O)N(c4ccccc4C)C(=O)[C@H]3ON2c2ccccc2)c([N+](=O)[O-])cc1OC. The Morgan fingerprint density at radius 2 is 1.56 bits per heavy atom. The fourth-order valence-corrected chi connectivity index (χ4v) is 4.86. The van der Waals surface area contributed by atoms with Crippen LogP contribution in [0.25, 0.3) is 0 Å². The summed E-state index contributed by atoms with van der Waals surface area (Å²) in [4.78, 5) is 46.2. The summed E-state index contributed by atoms with van der Waals surface area (Å²) in [7, 11) is 2.80. The number of nitrogens with zero attached hydrogens (tertiary/aromatic N) is 3. The summed E-state index contributed by atoms with van der Waals surface area (Å²) in [5, 5.41) is 13.6. The fourth-order valence-electron chi connectivity index (χ4n) is 4.86. The van der Waals surface area contributed by atoms with Crippen molar-refractivity contribution in [3.05, 3.63) is 88.0 Å². The number of methoxy groups -OCH3 is 2. The van der Waals surface area contributed by atoms with Crippen molar-refractivity contribution < 1.29 is 28.8 Å². The molecule has 0 N–H and O–H groups in total. The molecule has 2 saturated heterocycles. The van der Waals surface area contributed by atoms with Gasteiger partial charge in [0.25, 0.3) is 11.6 Å². The van der Waals surface area contributed by atoms with Crippen LogP contribution in [0.2, 0.25) is 0 Å². The van der Waals surface area contributed by atoms with E-state index in [-0.39, 0.29) is 22.7 Å². The summed E-state index contributed by atoms with van der Waals surface area (Å²) >= 11 is 0. The molecule has 0 spiro atoms. The number of benzene rings is 3. The van der Waals surface area contributed by atoms with E-state index in [0.717, 1.165) is 10.5 Å². The molecule has 10 heteroatoms. The number of imide groups is 1. The highest BCUT2D eigenvalue weighted by molar-refractivity contribution is 6.24. The number of nitro benzene ring substituents is 1. The predicted octanol–water partition coefficient (Wildman–Crippen LogP) is 3.97. The lowest BCUT2D eigenvalue weighted by molar-refractivity contribution is -0.385. The van der Waals surface area contributed by atoms with Gasteiger partial charge < -0.3 is 9.47 Å². The van der Waals surface area contributed by atoms with Crippen molar-refractivity contribution in [1.82, 2.24) is 0 Å². The lowest BCUT2D eigenvalue weighted by Gasteiger charge is -2.29. The summed E-state index contributed by atoms with van der Waals surface area (Å²) < 4.78 is 10.7. The van der Waals surface area contributed by atoms with Crippen LogP contribution < -0.4 is 19.4 Å². The largest absolute Gasteiger partial charge is 0.493 e. The molecule has 2 aliphatic rings. The molecule has 0 saturated carbocycles. The van der Waals surface area contributed by atoms with Crippen molar-refractivity contribution in [2.45, 2.75) is 19.1 Å². The normalized spacial score (nSPS) is 21.0. The third kappa shape index (κ3) is 3.54. The van der Waals surface area contributed by atoms with Crippen LogP contribution in [-0.4, -0.2) is 37.1 Å². The summed E-state index contributed by atoms with van der Waals surface area (Å²) in [5.41, 5.74) is 1.63. The fraction of sp³-hybridized carbons (Fsp3) is 0.231. The maximum atomic E-state index is 13.8. The molecule has 3 aromatic rings. The molecule has 0 aliphatic carbocycles. The standard InChI is InChI=1S/C26H23N3O7/c1-15-9-7-8-12-18(15)27-25(30)22-23(17-13-20(34-2)21(35-3)14-19(17)29(32)33)28(36-24(22)26(27)31)16-10-5-4-6-11-16/h4-14,22-24H,1-3H3/t22-,23+,24-/m0/s1. The maximum Gasteiger partial charge on any atom is 0.278 e. The lowest BCUT2D eigenvalue weighted by atomic mass is 9.89. The number of amides is 2. The number of hydrogen-bond acceptors (Lipinski definition) is 8. The zero-order valence-electron chi connectivity index (χ0n) is 19.8. The van der Waals surface area contributed by atoms with Crippen molar-refractivity contribution >= 4 is 28.9 Å². The number of aryl methyl sites for hydroxylation is 1. The van der Waals surface area contributed by atoms with Crippen molar-refractivity contribution in [3.63, 3.8) is 0 Å². The first kappa shape index (κ1) is 23.3. The van der Waals surface area contributed by atoms with E-state index in [0.29, 0.717) is 11.4 Å². The predicted molar refractivity (Wildman–Crippen MR) is 130 cm³/mol.